The highest BCUT2D eigenvalue weighted by atomic mass is 32.2. The van der Waals surface area contributed by atoms with Crippen LogP contribution in [0.25, 0.3) is 0 Å². The van der Waals surface area contributed by atoms with E-state index in [0.29, 0.717) is 17.1 Å². The monoisotopic (exact) mass is 365 g/mol. The van der Waals surface area contributed by atoms with E-state index in [-0.39, 0.29) is 11.8 Å². The lowest BCUT2D eigenvalue weighted by molar-refractivity contribution is -0.148. The molecule has 2 rings (SSSR count). The molecule has 0 radical (unpaired) electrons. The number of rotatable bonds is 3. The summed E-state index contributed by atoms with van der Waals surface area (Å²) in [4.78, 5) is 20.7. The summed E-state index contributed by atoms with van der Waals surface area (Å²) in [5, 5.41) is 5.36. The molecule has 1 amide bonds. The highest BCUT2D eigenvalue weighted by Crippen LogP contribution is 2.23. The van der Waals surface area contributed by atoms with Gasteiger partial charge in [-0.2, -0.15) is 0 Å². The van der Waals surface area contributed by atoms with Gasteiger partial charge in [-0.3, -0.25) is 9.78 Å². The van der Waals surface area contributed by atoms with Gasteiger partial charge < -0.3 is 9.29 Å². The van der Waals surface area contributed by atoms with E-state index in [9.17, 15) is 9.35 Å². The minimum atomic E-state index is -1.43. The Labute approximate surface area is 150 Å². The van der Waals surface area contributed by atoms with Crippen molar-refractivity contribution in [2.75, 3.05) is 7.05 Å². The van der Waals surface area contributed by atoms with Crippen molar-refractivity contribution in [3.8, 4) is 0 Å². The summed E-state index contributed by atoms with van der Waals surface area (Å²) in [7, 11) is 1.55. The van der Waals surface area contributed by atoms with Crippen molar-refractivity contribution < 1.29 is 14.1 Å². The van der Waals surface area contributed by atoms with Crippen molar-refractivity contribution in [3.63, 3.8) is 0 Å². The number of aromatic nitrogens is 2. The standard InChI is InChI=1S/C16H23N5O3S/c1-10(20-25(23)15(2,3)4)11-12(18-9-8-17-11)13-19-21(7)14(22)16(5,6)24-13/h8-9H,1-7H3/b20-10+. The van der Waals surface area contributed by atoms with Gasteiger partial charge in [0.15, 0.2) is 11.3 Å². The Balaban J connectivity index is 2.48. The summed E-state index contributed by atoms with van der Waals surface area (Å²) in [5.74, 6) is -0.0905. The van der Waals surface area contributed by atoms with Crippen LogP contribution in [0.2, 0.25) is 0 Å². The zero-order valence-corrected chi connectivity index (χ0v) is 16.3. The summed E-state index contributed by atoms with van der Waals surface area (Å²) in [5.41, 5.74) is 0.152. The highest BCUT2D eigenvalue weighted by Gasteiger charge is 2.39. The minimum Gasteiger partial charge on any atom is -0.591 e. The van der Waals surface area contributed by atoms with Crippen LogP contribution >= 0.6 is 0 Å². The molecular formula is C16H23N5O3S. The van der Waals surface area contributed by atoms with Gasteiger partial charge in [0.25, 0.3) is 11.8 Å². The molecule has 25 heavy (non-hydrogen) atoms. The number of hydrazone groups is 1. The molecule has 9 heteroatoms. The van der Waals surface area contributed by atoms with Crippen molar-refractivity contribution in [1.29, 1.82) is 0 Å². The van der Waals surface area contributed by atoms with E-state index in [0.717, 1.165) is 0 Å². The zero-order valence-electron chi connectivity index (χ0n) is 15.5. The summed E-state index contributed by atoms with van der Waals surface area (Å²) in [6.07, 6.45) is 3.02. The molecule has 0 saturated carbocycles. The predicted octanol–water partition coefficient (Wildman–Crippen LogP) is 1.68. The van der Waals surface area contributed by atoms with Gasteiger partial charge in [0.05, 0.1) is 0 Å². The second-order valence-corrected chi connectivity index (χ2v) is 9.04. The van der Waals surface area contributed by atoms with E-state index in [1.165, 1.54) is 17.4 Å². The van der Waals surface area contributed by atoms with E-state index in [1.54, 1.807) is 27.8 Å². The molecule has 0 bridgehead atoms. The van der Waals surface area contributed by atoms with Gasteiger partial charge in [-0.05, 0) is 41.5 Å². The Bertz CT molecular complexity index is 740. The van der Waals surface area contributed by atoms with Crippen LogP contribution in [-0.4, -0.2) is 54.4 Å². The van der Waals surface area contributed by atoms with E-state index in [4.69, 9.17) is 4.74 Å². The Morgan fingerprint density at radius 2 is 1.92 bits per heavy atom. The number of carbonyl (C=O) groups excluding carboxylic acids is 1. The second-order valence-electron chi connectivity index (χ2n) is 7.14. The molecule has 1 aliphatic rings. The fraction of sp³-hybridized carbons (Fsp3) is 0.562. The first-order chi connectivity index (χ1) is 11.4. The zero-order chi connectivity index (χ0) is 19.0. The second kappa shape index (κ2) is 6.72. The smallest absolute Gasteiger partial charge is 0.286 e. The van der Waals surface area contributed by atoms with Crippen molar-refractivity contribution in [2.45, 2.75) is 51.9 Å². The molecule has 0 fully saturated rings. The molecule has 2 heterocycles. The first-order valence-corrected chi connectivity index (χ1v) is 8.89. The normalized spacial score (nSPS) is 19.4. The van der Waals surface area contributed by atoms with Crippen molar-refractivity contribution in [2.24, 2.45) is 9.50 Å². The van der Waals surface area contributed by atoms with E-state index in [1.807, 2.05) is 20.8 Å². The van der Waals surface area contributed by atoms with E-state index < -0.39 is 21.7 Å². The summed E-state index contributed by atoms with van der Waals surface area (Å²) in [6.45, 7) is 10.6. The minimum absolute atomic E-state index is 0.172. The summed E-state index contributed by atoms with van der Waals surface area (Å²) in [6, 6.07) is 0. The third kappa shape index (κ3) is 4.16. The van der Waals surface area contributed by atoms with Crippen LogP contribution in [0.5, 0.6) is 0 Å². The summed E-state index contributed by atoms with van der Waals surface area (Å²) >= 11 is -1.43. The number of hydrogen-bond acceptors (Lipinski definition) is 7. The maximum atomic E-state index is 12.3. The van der Waals surface area contributed by atoms with Gasteiger partial charge in [0, 0.05) is 19.4 Å². The Morgan fingerprint density at radius 3 is 2.48 bits per heavy atom. The van der Waals surface area contributed by atoms with Crippen LogP contribution in [-0.2, 0) is 20.9 Å². The van der Waals surface area contributed by atoms with E-state index in [2.05, 4.69) is 19.5 Å². The van der Waals surface area contributed by atoms with Crippen LogP contribution in [0, 0.1) is 0 Å². The van der Waals surface area contributed by atoms with Gasteiger partial charge in [-0.1, -0.05) is 4.40 Å². The quantitative estimate of drug-likeness (QED) is 0.599. The van der Waals surface area contributed by atoms with Crippen LogP contribution in [0.3, 0.4) is 0 Å². The lowest BCUT2D eigenvalue weighted by Gasteiger charge is -2.32. The molecule has 0 saturated heterocycles. The SMILES string of the molecule is C/C(=N\[S+]([O-])C(C)(C)C)c1nccnc1C1=NN(C)C(=O)C(C)(C)O1. The fourth-order valence-corrected chi connectivity index (χ4v) is 2.65. The number of carbonyl (C=O) groups is 1. The Kier molecular flexibility index (Phi) is 5.19. The molecule has 1 atom stereocenters. The van der Waals surface area contributed by atoms with Gasteiger partial charge in [-0.25, -0.2) is 9.99 Å². The molecule has 0 aliphatic carbocycles. The molecule has 1 aromatic rings. The molecule has 1 unspecified atom stereocenters. The number of likely N-dealkylation sites (N-methyl/N-ethyl adjacent to an activating group) is 1. The molecule has 8 nitrogen and oxygen atoms in total. The first kappa shape index (κ1) is 19.3. The van der Waals surface area contributed by atoms with Crippen LogP contribution in [0.1, 0.15) is 52.9 Å². The number of ether oxygens (including phenoxy) is 1. The predicted molar refractivity (Wildman–Crippen MR) is 96.6 cm³/mol. The van der Waals surface area contributed by atoms with Crippen LogP contribution in [0.4, 0.5) is 0 Å². The molecule has 136 valence electrons. The molecule has 0 N–H and O–H groups in total. The lowest BCUT2D eigenvalue weighted by Crippen LogP contribution is -2.49. The van der Waals surface area contributed by atoms with Crippen LogP contribution in [0.15, 0.2) is 21.9 Å². The lowest BCUT2D eigenvalue weighted by atomic mass is 10.1. The maximum Gasteiger partial charge on any atom is 0.286 e. The van der Waals surface area contributed by atoms with Gasteiger partial charge in [0.1, 0.15) is 27.5 Å². The Morgan fingerprint density at radius 1 is 1.32 bits per heavy atom. The van der Waals surface area contributed by atoms with Gasteiger partial charge in [0.2, 0.25) is 0 Å². The molecular weight excluding hydrogens is 342 g/mol. The Hall–Kier alpha value is -2.00. The molecule has 0 spiro atoms. The number of amides is 1. The molecule has 1 aliphatic heterocycles. The van der Waals surface area contributed by atoms with E-state index >= 15 is 0 Å². The van der Waals surface area contributed by atoms with Crippen molar-refractivity contribution in [3.05, 3.63) is 23.8 Å². The average Bonchev–Trinajstić information content (AvgIpc) is 2.51. The number of nitrogens with zero attached hydrogens (tertiary/aromatic N) is 5. The average molecular weight is 365 g/mol. The topological polar surface area (TPSA) is 103 Å². The first-order valence-electron chi connectivity index (χ1n) is 7.78. The summed E-state index contributed by atoms with van der Waals surface area (Å²) < 4.78 is 21.8. The molecule has 0 aromatic carbocycles. The van der Waals surface area contributed by atoms with Crippen LogP contribution < -0.4 is 0 Å². The van der Waals surface area contributed by atoms with Gasteiger partial charge in [-0.15, -0.1) is 5.10 Å². The van der Waals surface area contributed by atoms with Crippen molar-refractivity contribution in [1.82, 2.24) is 15.0 Å². The van der Waals surface area contributed by atoms with Gasteiger partial charge >= 0.3 is 0 Å². The third-order valence-corrected chi connectivity index (χ3v) is 4.88. The highest BCUT2D eigenvalue weighted by molar-refractivity contribution is 7.91. The van der Waals surface area contributed by atoms with Crippen molar-refractivity contribution >= 4 is 28.9 Å². The number of hydrogen-bond donors (Lipinski definition) is 0. The maximum absolute atomic E-state index is 12.3. The third-order valence-electron chi connectivity index (χ3n) is 3.39. The fourth-order valence-electron chi connectivity index (χ4n) is 2.04. The molecule has 1 aromatic heterocycles. The largest absolute Gasteiger partial charge is 0.591 e.